The van der Waals surface area contributed by atoms with Crippen molar-refractivity contribution in [1.29, 1.82) is 0 Å². The van der Waals surface area contributed by atoms with Crippen molar-refractivity contribution in [2.75, 3.05) is 32.1 Å². The highest BCUT2D eigenvalue weighted by Crippen LogP contribution is 2.09. The molecule has 0 spiro atoms. The number of nitrogens with zero attached hydrogens (tertiary/aromatic N) is 1. The Morgan fingerprint density at radius 2 is 2.00 bits per heavy atom. The van der Waals surface area contributed by atoms with Crippen LogP contribution in [-0.2, 0) is 0 Å². The zero-order chi connectivity index (χ0) is 11.7. The van der Waals surface area contributed by atoms with Crippen LogP contribution in [0.1, 0.15) is 33.6 Å². The van der Waals surface area contributed by atoms with Crippen LogP contribution in [0.2, 0.25) is 0 Å². The van der Waals surface area contributed by atoms with E-state index in [4.69, 9.17) is 0 Å². The molecule has 0 heterocycles. The van der Waals surface area contributed by atoms with Crippen molar-refractivity contribution in [3.05, 3.63) is 0 Å². The molecule has 0 saturated heterocycles. The van der Waals surface area contributed by atoms with Gasteiger partial charge in [0.25, 0.3) is 0 Å². The molecule has 2 atom stereocenters. The first-order valence-electron chi connectivity index (χ1n) is 6.08. The third-order valence-corrected chi connectivity index (χ3v) is 3.64. The van der Waals surface area contributed by atoms with Gasteiger partial charge in [0.1, 0.15) is 0 Å². The second kappa shape index (κ2) is 9.49. The molecule has 0 saturated carbocycles. The third kappa shape index (κ3) is 7.20. The van der Waals surface area contributed by atoms with Crippen molar-refractivity contribution < 1.29 is 0 Å². The normalized spacial score (nSPS) is 15.6. The molecule has 3 heteroatoms. The van der Waals surface area contributed by atoms with Crippen LogP contribution in [0.3, 0.4) is 0 Å². The zero-order valence-electron chi connectivity index (χ0n) is 11.0. The summed E-state index contributed by atoms with van der Waals surface area (Å²) >= 11 is 1.95. The van der Waals surface area contributed by atoms with Crippen LogP contribution in [0.5, 0.6) is 0 Å². The lowest BCUT2D eigenvalue weighted by molar-refractivity contribution is 0.243. The number of nitrogens with one attached hydrogen (secondary N) is 1. The summed E-state index contributed by atoms with van der Waals surface area (Å²) in [4.78, 5) is 2.50. The van der Waals surface area contributed by atoms with Gasteiger partial charge in [0.05, 0.1) is 0 Å². The summed E-state index contributed by atoms with van der Waals surface area (Å²) in [6.07, 6.45) is 4.69. The van der Waals surface area contributed by atoms with Crippen molar-refractivity contribution in [2.24, 2.45) is 0 Å². The summed E-state index contributed by atoms with van der Waals surface area (Å²) in [6.45, 7) is 9.00. The Kier molecular flexibility index (Phi) is 9.66. The van der Waals surface area contributed by atoms with Gasteiger partial charge in [-0.15, -0.1) is 0 Å². The predicted octanol–water partition coefficient (Wildman–Crippen LogP) is 2.45. The average molecular weight is 232 g/mol. The molecular formula is C12H28N2S. The molecule has 92 valence electrons. The Hall–Kier alpha value is 0.270. The fourth-order valence-corrected chi connectivity index (χ4v) is 2.65. The quantitative estimate of drug-likeness (QED) is 0.657. The summed E-state index contributed by atoms with van der Waals surface area (Å²) in [5.41, 5.74) is 0. The Bertz CT molecular complexity index is 142. The van der Waals surface area contributed by atoms with Crippen LogP contribution in [0, 0.1) is 0 Å². The van der Waals surface area contributed by atoms with Crippen molar-refractivity contribution in [3.8, 4) is 0 Å². The Balaban J connectivity index is 3.73. The zero-order valence-corrected chi connectivity index (χ0v) is 11.9. The average Bonchev–Trinajstić information content (AvgIpc) is 2.23. The smallest absolute Gasteiger partial charge is 0.0180 e. The van der Waals surface area contributed by atoms with Gasteiger partial charge in [0.15, 0.2) is 0 Å². The van der Waals surface area contributed by atoms with Crippen LogP contribution in [0.4, 0.5) is 0 Å². The van der Waals surface area contributed by atoms with Crippen LogP contribution < -0.4 is 5.32 Å². The van der Waals surface area contributed by atoms with Gasteiger partial charge in [-0.25, -0.2) is 0 Å². The molecule has 2 unspecified atom stereocenters. The highest BCUT2D eigenvalue weighted by atomic mass is 32.2. The molecule has 15 heavy (non-hydrogen) atoms. The molecule has 0 aliphatic rings. The lowest BCUT2D eigenvalue weighted by atomic mass is 10.2. The SMILES string of the molecule is CCNC(C)CCN(C)C(CC)CSC. The molecule has 0 rings (SSSR count). The maximum absolute atomic E-state index is 3.46. The maximum Gasteiger partial charge on any atom is 0.0180 e. The van der Waals surface area contributed by atoms with E-state index < -0.39 is 0 Å². The highest BCUT2D eigenvalue weighted by molar-refractivity contribution is 7.98. The minimum absolute atomic E-state index is 0.643. The van der Waals surface area contributed by atoms with Gasteiger partial charge >= 0.3 is 0 Å². The molecule has 0 aromatic carbocycles. The van der Waals surface area contributed by atoms with E-state index in [-0.39, 0.29) is 0 Å². The van der Waals surface area contributed by atoms with E-state index in [1.807, 2.05) is 11.8 Å². The molecule has 0 aromatic rings. The lowest BCUT2D eigenvalue weighted by Gasteiger charge is -2.27. The van der Waals surface area contributed by atoms with E-state index >= 15 is 0 Å². The Labute approximate surface area is 100 Å². The van der Waals surface area contributed by atoms with Crippen LogP contribution in [-0.4, -0.2) is 49.1 Å². The van der Waals surface area contributed by atoms with Gasteiger partial charge in [0.2, 0.25) is 0 Å². The van der Waals surface area contributed by atoms with Gasteiger partial charge < -0.3 is 10.2 Å². The summed E-state index contributed by atoms with van der Waals surface area (Å²) in [5.74, 6) is 1.25. The molecule has 0 aromatic heterocycles. The fraction of sp³-hybridized carbons (Fsp3) is 1.00. The highest BCUT2D eigenvalue weighted by Gasteiger charge is 2.12. The van der Waals surface area contributed by atoms with Crippen molar-refractivity contribution in [1.82, 2.24) is 10.2 Å². The minimum Gasteiger partial charge on any atom is -0.314 e. The second-order valence-corrected chi connectivity index (χ2v) is 5.16. The molecule has 0 amide bonds. The van der Waals surface area contributed by atoms with E-state index in [0.717, 1.165) is 12.6 Å². The fourth-order valence-electron chi connectivity index (χ4n) is 1.78. The molecule has 0 fully saturated rings. The minimum atomic E-state index is 0.643. The van der Waals surface area contributed by atoms with E-state index in [2.05, 4.69) is 44.3 Å². The van der Waals surface area contributed by atoms with Gasteiger partial charge in [-0.2, -0.15) is 11.8 Å². The molecule has 0 aliphatic carbocycles. The summed E-state index contributed by atoms with van der Waals surface area (Å²) in [7, 11) is 2.25. The Morgan fingerprint density at radius 3 is 2.47 bits per heavy atom. The molecule has 0 bridgehead atoms. The monoisotopic (exact) mass is 232 g/mol. The van der Waals surface area contributed by atoms with Gasteiger partial charge in [-0.1, -0.05) is 13.8 Å². The number of thioether (sulfide) groups is 1. The first-order chi connectivity index (χ1) is 7.15. The van der Waals surface area contributed by atoms with Crippen LogP contribution in [0.25, 0.3) is 0 Å². The van der Waals surface area contributed by atoms with E-state index in [9.17, 15) is 0 Å². The molecule has 1 N–H and O–H groups in total. The van der Waals surface area contributed by atoms with E-state index in [1.54, 1.807) is 0 Å². The lowest BCUT2D eigenvalue weighted by Crippen LogP contribution is -2.37. The largest absolute Gasteiger partial charge is 0.314 e. The molecule has 2 nitrogen and oxygen atoms in total. The maximum atomic E-state index is 3.46. The first-order valence-corrected chi connectivity index (χ1v) is 7.47. The standard InChI is InChI=1S/C12H28N2S/c1-6-12(10-15-5)14(4)9-8-11(3)13-7-2/h11-13H,6-10H2,1-5H3. The molecular weight excluding hydrogens is 204 g/mol. The number of rotatable bonds is 9. The predicted molar refractivity (Wildman–Crippen MR) is 72.8 cm³/mol. The van der Waals surface area contributed by atoms with Gasteiger partial charge in [-0.3, -0.25) is 0 Å². The summed E-state index contributed by atoms with van der Waals surface area (Å²) < 4.78 is 0. The van der Waals surface area contributed by atoms with Crippen molar-refractivity contribution in [3.63, 3.8) is 0 Å². The first kappa shape index (κ1) is 15.3. The Morgan fingerprint density at radius 1 is 1.33 bits per heavy atom. The molecule has 0 aliphatic heterocycles. The van der Waals surface area contributed by atoms with Crippen molar-refractivity contribution >= 4 is 11.8 Å². The van der Waals surface area contributed by atoms with Crippen molar-refractivity contribution in [2.45, 2.75) is 45.7 Å². The number of hydrogen-bond donors (Lipinski definition) is 1. The topological polar surface area (TPSA) is 15.3 Å². The van der Waals surface area contributed by atoms with E-state index in [0.29, 0.717) is 6.04 Å². The summed E-state index contributed by atoms with van der Waals surface area (Å²) in [6, 6.07) is 1.39. The second-order valence-electron chi connectivity index (χ2n) is 4.25. The molecule has 0 radical (unpaired) electrons. The van der Waals surface area contributed by atoms with E-state index in [1.165, 1.54) is 25.1 Å². The van der Waals surface area contributed by atoms with Gasteiger partial charge in [-0.05, 0) is 46.2 Å². The van der Waals surface area contributed by atoms with Crippen LogP contribution >= 0.6 is 11.8 Å². The van der Waals surface area contributed by atoms with Gasteiger partial charge in [0, 0.05) is 17.8 Å². The number of hydrogen-bond acceptors (Lipinski definition) is 3. The van der Waals surface area contributed by atoms with Crippen LogP contribution in [0.15, 0.2) is 0 Å². The summed E-state index contributed by atoms with van der Waals surface area (Å²) in [5, 5.41) is 3.46. The third-order valence-electron chi connectivity index (χ3n) is 2.92.